The molecule has 0 saturated heterocycles. The predicted molar refractivity (Wildman–Crippen MR) is 52.1 cm³/mol. The fraction of sp³-hybridized carbons (Fsp3) is 0.182. The van der Waals surface area contributed by atoms with Crippen molar-refractivity contribution in [1.29, 1.82) is 0 Å². The van der Waals surface area contributed by atoms with Gasteiger partial charge in [0.15, 0.2) is 0 Å². The van der Waals surface area contributed by atoms with Crippen molar-refractivity contribution in [1.82, 2.24) is 0 Å². The Morgan fingerprint density at radius 3 is 3.00 bits per heavy atom. The van der Waals surface area contributed by atoms with E-state index in [1.165, 1.54) is 11.6 Å². The molecule has 0 fully saturated rings. The highest BCUT2D eigenvalue weighted by atomic mass is 16.1. The molecule has 0 heterocycles. The number of aliphatic imine (C=N–C) groups is 1. The Labute approximate surface area is 77.6 Å². The minimum absolute atomic E-state index is 0.542. The molecule has 0 radical (unpaired) electrons. The highest BCUT2D eigenvalue weighted by Crippen LogP contribution is 2.09. The van der Waals surface area contributed by atoms with Gasteiger partial charge in [0.1, 0.15) is 0 Å². The lowest BCUT2D eigenvalue weighted by Gasteiger charge is -1.99. The average molecular weight is 173 g/mol. The zero-order chi connectivity index (χ0) is 9.68. The molecule has 1 aromatic carbocycles. The Hall–Kier alpha value is -1.66. The zero-order valence-corrected chi connectivity index (χ0v) is 7.58. The molecule has 1 aromatic rings. The Balaban J connectivity index is 2.74. The van der Waals surface area contributed by atoms with Gasteiger partial charge in [0, 0.05) is 6.42 Å². The molecule has 0 saturated carbocycles. The number of aryl methyl sites for hydroxylation is 1. The SMILES string of the molecule is C=C(Cc1cccc(C)c1)N=C=O. The summed E-state index contributed by atoms with van der Waals surface area (Å²) in [6, 6.07) is 8.03. The summed E-state index contributed by atoms with van der Waals surface area (Å²) in [6.07, 6.45) is 2.09. The average Bonchev–Trinajstić information content (AvgIpc) is 2.04. The van der Waals surface area contributed by atoms with Gasteiger partial charge in [-0.05, 0) is 12.5 Å². The molecular weight excluding hydrogens is 162 g/mol. The number of isocyanates is 1. The molecule has 2 heteroatoms. The van der Waals surface area contributed by atoms with Crippen LogP contribution in [0.5, 0.6) is 0 Å². The van der Waals surface area contributed by atoms with Crippen molar-refractivity contribution in [3.05, 3.63) is 47.7 Å². The van der Waals surface area contributed by atoms with Crippen LogP contribution >= 0.6 is 0 Å². The third-order valence-corrected chi connectivity index (χ3v) is 1.69. The summed E-state index contributed by atoms with van der Waals surface area (Å²) < 4.78 is 0. The van der Waals surface area contributed by atoms with Gasteiger partial charge >= 0.3 is 0 Å². The molecule has 0 atom stereocenters. The second-order valence-corrected chi connectivity index (χ2v) is 2.94. The number of benzene rings is 1. The normalized spacial score (nSPS) is 9.00. The third-order valence-electron chi connectivity index (χ3n) is 1.69. The quantitative estimate of drug-likeness (QED) is 0.509. The second kappa shape index (κ2) is 4.39. The van der Waals surface area contributed by atoms with Crippen LogP contribution in [0.1, 0.15) is 11.1 Å². The standard InChI is InChI=1S/C11H11NO/c1-9-4-3-5-11(6-9)7-10(2)12-8-13/h3-6H,2,7H2,1H3. The van der Waals surface area contributed by atoms with E-state index in [0.29, 0.717) is 12.1 Å². The van der Waals surface area contributed by atoms with Gasteiger partial charge in [-0.25, -0.2) is 4.79 Å². The molecule has 66 valence electrons. The summed E-state index contributed by atoms with van der Waals surface area (Å²) in [5.74, 6) is 0. The van der Waals surface area contributed by atoms with Crippen LogP contribution in [-0.4, -0.2) is 6.08 Å². The number of rotatable bonds is 3. The molecule has 0 unspecified atom stereocenters. The largest absolute Gasteiger partial charge is 0.240 e. The number of hydrogen-bond donors (Lipinski definition) is 0. The van der Waals surface area contributed by atoms with E-state index >= 15 is 0 Å². The minimum atomic E-state index is 0.542. The van der Waals surface area contributed by atoms with Crippen LogP contribution in [0.4, 0.5) is 0 Å². The van der Waals surface area contributed by atoms with Gasteiger partial charge in [-0.3, -0.25) is 0 Å². The van der Waals surface area contributed by atoms with Crippen LogP contribution in [0.3, 0.4) is 0 Å². The Kier molecular flexibility index (Phi) is 3.18. The Morgan fingerprint density at radius 1 is 1.62 bits per heavy atom. The molecule has 0 bridgehead atoms. The fourth-order valence-corrected chi connectivity index (χ4v) is 1.16. The van der Waals surface area contributed by atoms with Crippen LogP contribution in [0.2, 0.25) is 0 Å². The van der Waals surface area contributed by atoms with E-state index in [-0.39, 0.29) is 0 Å². The van der Waals surface area contributed by atoms with Gasteiger partial charge < -0.3 is 0 Å². The van der Waals surface area contributed by atoms with Crippen molar-refractivity contribution < 1.29 is 4.79 Å². The molecule has 1 rings (SSSR count). The van der Waals surface area contributed by atoms with Crippen molar-refractivity contribution >= 4 is 6.08 Å². The first kappa shape index (κ1) is 9.43. The summed E-state index contributed by atoms with van der Waals surface area (Å²) in [4.78, 5) is 13.4. The summed E-state index contributed by atoms with van der Waals surface area (Å²) in [5.41, 5.74) is 2.85. The van der Waals surface area contributed by atoms with Crippen molar-refractivity contribution in [2.24, 2.45) is 4.99 Å². The highest BCUT2D eigenvalue weighted by Gasteiger charge is 1.95. The van der Waals surface area contributed by atoms with E-state index in [2.05, 4.69) is 11.6 Å². The first-order valence-electron chi connectivity index (χ1n) is 4.03. The van der Waals surface area contributed by atoms with E-state index in [0.717, 1.165) is 5.56 Å². The molecule has 0 aliphatic rings. The molecule has 0 spiro atoms. The Bertz CT molecular complexity index is 362. The van der Waals surface area contributed by atoms with Gasteiger partial charge in [-0.15, -0.1) is 0 Å². The van der Waals surface area contributed by atoms with Crippen LogP contribution in [-0.2, 0) is 11.2 Å². The molecule has 0 amide bonds. The number of hydrogen-bond acceptors (Lipinski definition) is 2. The first-order valence-corrected chi connectivity index (χ1v) is 4.03. The first-order chi connectivity index (χ1) is 6.22. The number of nitrogens with zero attached hydrogens (tertiary/aromatic N) is 1. The number of allylic oxidation sites excluding steroid dienone is 1. The van der Waals surface area contributed by atoms with Gasteiger partial charge in [-0.2, -0.15) is 4.99 Å². The lowest BCUT2D eigenvalue weighted by molar-refractivity contribution is 0.564. The van der Waals surface area contributed by atoms with Crippen LogP contribution in [0.25, 0.3) is 0 Å². The molecule has 2 nitrogen and oxygen atoms in total. The molecule has 0 aliphatic carbocycles. The maximum Gasteiger partial charge on any atom is 0.240 e. The van der Waals surface area contributed by atoms with Crippen molar-refractivity contribution in [2.75, 3.05) is 0 Å². The number of carbonyl (C=O) groups excluding carboxylic acids is 1. The van der Waals surface area contributed by atoms with E-state index in [1.807, 2.05) is 31.2 Å². The maximum absolute atomic E-state index is 9.92. The van der Waals surface area contributed by atoms with E-state index < -0.39 is 0 Å². The topological polar surface area (TPSA) is 29.4 Å². The van der Waals surface area contributed by atoms with Crippen molar-refractivity contribution in [3.8, 4) is 0 Å². The zero-order valence-electron chi connectivity index (χ0n) is 7.58. The lowest BCUT2D eigenvalue weighted by Crippen LogP contribution is -1.86. The molecule has 13 heavy (non-hydrogen) atoms. The third kappa shape index (κ3) is 3.06. The molecule has 0 N–H and O–H groups in total. The lowest BCUT2D eigenvalue weighted by atomic mass is 10.1. The fourth-order valence-electron chi connectivity index (χ4n) is 1.16. The minimum Gasteiger partial charge on any atom is -0.211 e. The monoisotopic (exact) mass is 173 g/mol. The molecular formula is C11H11NO. The summed E-state index contributed by atoms with van der Waals surface area (Å²) in [6.45, 7) is 5.66. The molecule has 0 aliphatic heterocycles. The van der Waals surface area contributed by atoms with E-state index in [9.17, 15) is 4.79 Å². The summed E-state index contributed by atoms with van der Waals surface area (Å²) in [5, 5.41) is 0. The molecule has 0 aromatic heterocycles. The maximum atomic E-state index is 9.92. The second-order valence-electron chi connectivity index (χ2n) is 2.94. The van der Waals surface area contributed by atoms with E-state index in [1.54, 1.807) is 0 Å². The predicted octanol–water partition coefficient (Wildman–Crippen LogP) is 2.39. The summed E-state index contributed by atoms with van der Waals surface area (Å²) >= 11 is 0. The summed E-state index contributed by atoms with van der Waals surface area (Å²) in [7, 11) is 0. The van der Waals surface area contributed by atoms with Crippen LogP contribution in [0.15, 0.2) is 41.5 Å². The van der Waals surface area contributed by atoms with E-state index in [4.69, 9.17) is 0 Å². The van der Waals surface area contributed by atoms with Crippen LogP contribution in [0, 0.1) is 6.92 Å². The highest BCUT2D eigenvalue weighted by molar-refractivity contribution is 5.37. The van der Waals surface area contributed by atoms with Gasteiger partial charge in [0.25, 0.3) is 0 Å². The Morgan fingerprint density at radius 2 is 2.38 bits per heavy atom. The smallest absolute Gasteiger partial charge is 0.211 e. The van der Waals surface area contributed by atoms with Crippen molar-refractivity contribution in [2.45, 2.75) is 13.3 Å². The van der Waals surface area contributed by atoms with Gasteiger partial charge in [0.05, 0.1) is 5.70 Å². The van der Waals surface area contributed by atoms with Crippen molar-refractivity contribution in [3.63, 3.8) is 0 Å². The van der Waals surface area contributed by atoms with Crippen LogP contribution < -0.4 is 0 Å². The van der Waals surface area contributed by atoms with Gasteiger partial charge in [-0.1, -0.05) is 36.4 Å². The van der Waals surface area contributed by atoms with Gasteiger partial charge in [0.2, 0.25) is 6.08 Å².